The lowest BCUT2D eigenvalue weighted by Crippen LogP contribution is -2.19. The molecule has 0 radical (unpaired) electrons. The summed E-state index contributed by atoms with van der Waals surface area (Å²) in [6, 6.07) is 15.6. The summed E-state index contributed by atoms with van der Waals surface area (Å²) in [4.78, 5) is 21.3. The summed E-state index contributed by atoms with van der Waals surface area (Å²) >= 11 is 1.34. The minimum absolute atomic E-state index is 0.136. The molecule has 26 heavy (non-hydrogen) atoms. The summed E-state index contributed by atoms with van der Waals surface area (Å²) in [5, 5.41) is 7.50. The highest BCUT2D eigenvalue weighted by atomic mass is 32.2. The van der Waals surface area contributed by atoms with E-state index < -0.39 is 0 Å². The number of rotatable bonds is 3. The Hall–Kier alpha value is -3.19. The molecule has 6 nitrogen and oxygen atoms in total. The normalized spacial score (nSPS) is 17.0. The SMILES string of the molecule is Cc1ccccc1N=C1NC(=O)/C(=C/c2ccc(-n3cncn3)cc2)S1. The molecule has 1 amide bonds. The Kier molecular flexibility index (Phi) is 4.37. The first-order chi connectivity index (χ1) is 12.7. The van der Waals surface area contributed by atoms with Crippen molar-refractivity contribution in [2.75, 3.05) is 0 Å². The van der Waals surface area contributed by atoms with Gasteiger partial charge in [-0.25, -0.2) is 14.7 Å². The first kappa shape index (κ1) is 16.3. The lowest BCUT2D eigenvalue weighted by molar-refractivity contribution is -0.115. The second kappa shape index (κ2) is 6.97. The molecule has 0 spiro atoms. The van der Waals surface area contributed by atoms with Crippen molar-refractivity contribution >= 4 is 34.6 Å². The van der Waals surface area contributed by atoms with E-state index in [0.717, 1.165) is 22.5 Å². The standard InChI is InChI=1S/C19H15N5OS/c1-13-4-2-3-5-16(13)22-19-23-18(25)17(26-19)10-14-6-8-15(9-7-14)24-12-20-11-21-24/h2-12H,1H3,(H,22,23,25)/b17-10-. The van der Waals surface area contributed by atoms with E-state index in [1.165, 1.54) is 18.1 Å². The van der Waals surface area contributed by atoms with Crippen molar-refractivity contribution in [3.05, 3.63) is 77.2 Å². The van der Waals surface area contributed by atoms with Crippen LogP contribution in [0.3, 0.4) is 0 Å². The van der Waals surface area contributed by atoms with Crippen molar-refractivity contribution in [1.82, 2.24) is 20.1 Å². The van der Waals surface area contributed by atoms with Gasteiger partial charge in [0.15, 0.2) is 5.17 Å². The van der Waals surface area contributed by atoms with Crippen molar-refractivity contribution in [2.45, 2.75) is 6.92 Å². The van der Waals surface area contributed by atoms with Gasteiger partial charge in [0.05, 0.1) is 16.3 Å². The lowest BCUT2D eigenvalue weighted by Gasteiger charge is -2.01. The van der Waals surface area contributed by atoms with Crippen molar-refractivity contribution in [1.29, 1.82) is 0 Å². The predicted octanol–water partition coefficient (Wildman–Crippen LogP) is 3.47. The van der Waals surface area contributed by atoms with Crippen LogP contribution in [0.5, 0.6) is 0 Å². The van der Waals surface area contributed by atoms with Crippen LogP contribution < -0.4 is 5.32 Å². The van der Waals surface area contributed by atoms with Crippen LogP contribution in [0.2, 0.25) is 0 Å². The Bertz CT molecular complexity index is 1010. The molecule has 1 aromatic heterocycles. The zero-order valence-corrected chi connectivity index (χ0v) is 14.8. The van der Waals surface area contributed by atoms with E-state index in [0.29, 0.717) is 10.1 Å². The fourth-order valence-electron chi connectivity index (χ4n) is 2.49. The molecule has 4 rings (SSSR count). The van der Waals surface area contributed by atoms with Crippen LogP contribution in [0.15, 0.2) is 71.1 Å². The Morgan fingerprint density at radius 1 is 1.15 bits per heavy atom. The molecule has 1 N–H and O–H groups in total. The maximum Gasteiger partial charge on any atom is 0.264 e. The van der Waals surface area contributed by atoms with Crippen LogP contribution >= 0.6 is 11.8 Å². The second-order valence-corrected chi connectivity index (χ2v) is 6.73. The molecule has 3 aromatic rings. The summed E-state index contributed by atoms with van der Waals surface area (Å²) in [6.45, 7) is 1.99. The average Bonchev–Trinajstić information content (AvgIpc) is 3.28. The Balaban J connectivity index is 1.55. The third kappa shape index (κ3) is 3.43. The fourth-order valence-corrected chi connectivity index (χ4v) is 3.33. The molecule has 0 unspecified atom stereocenters. The highest BCUT2D eigenvalue weighted by molar-refractivity contribution is 8.18. The average molecular weight is 361 g/mol. The number of carbonyl (C=O) groups is 1. The summed E-state index contributed by atoms with van der Waals surface area (Å²) in [5.41, 5.74) is 3.77. The number of benzene rings is 2. The number of aromatic nitrogens is 3. The van der Waals surface area contributed by atoms with Crippen molar-refractivity contribution in [3.8, 4) is 5.69 Å². The van der Waals surface area contributed by atoms with Crippen LogP contribution in [0.25, 0.3) is 11.8 Å². The molecule has 7 heteroatoms. The van der Waals surface area contributed by atoms with Crippen LogP contribution in [-0.4, -0.2) is 25.8 Å². The number of para-hydroxylation sites is 1. The van der Waals surface area contributed by atoms with Gasteiger partial charge in [-0.1, -0.05) is 30.3 Å². The first-order valence-corrected chi connectivity index (χ1v) is 8.81. The number of amidine groups is 1. The van der Waals surface area contributed by atoms with Gasteiger partial charge in [-0.3, -0.25) is 4.79 Å². The summed E-state index contributed by atoms with van der Waals surface area (Å²) in [7, 11) is 0. The van der Waals surface area contributed by atoms with Crippen LogP contribution in [-0.2, 0) is 4.79 Å². The minimum Gasteiger partial charge on any atom is -0.300 e. The number of thioether (sulfide) groups is 1. The van der Waals surface area contributed by atoms with Crippen LogP contribution in [0, 0.1) is 6.92 Å². The van der Waals surface area contributed by atoms with E-state index in [1.807, 2.05) is 61.5 Å². The van der Waals surface area contributed by atoms with Gasteiger partial charge in [0.25, 0.3) is 5.91 Å². The number of hydrogen-bond donors (Lipinski definition) is 1. The van der Waals surface area contributed by atoms with E-state index in [4.69, 9.17) is 0 Å². The number of nitrogens with one attached hydrogen (secondary N) is 1. The minimum atomic E-state index is -0.136. The monoisotopic (exact) mass is 361 g/mol. The Morgan fingerprint density at radius 2 is 1.96 bits per heavy atom. The maximum absolute atomic E-state index is 12.2. The van der Waals surface area contributed by atoms with Gasteiger partial charge in [0.2, 0.25) is 0 Å². The number of aryl methyl sites for hydroxylation is 1. The number of aliphatic imine (C=N–C) groups is 1. The van der Waals surface area contributed by atoms with Crippen molar-refractivity contribution in [2.24, 2.45) is 4.99 Å². The number of hydrogen-bond acceptors (Lipinski definition) is 5. The molecule has 1 aliphatic rings. The first-order valence-electron chi connectivity index (χ1n) is 7.99. The van der Waals surface area contributed by atoms with Crippen molar-refractivity contribution in [3.63, 3.8) is 0 Å². The maximum atomic E-state index is 12.2. The third-order valence-electron chi connectivity index (χ3n) is 3.86. The Morgan fingerprint density at radius 3 is 2.69 bits per heavy atom. The molecule has 1 fully saturated rings. The largest absolute Gasteiger partial charge is 0.300 e. The molecular formula is C19H15N5OS. The van der Waals surface area contributed by atoms with E-state index in [9.17, 15) is 4.79 Å². The third-order valence-corrected chi connectivity index (χ3v) is 4.77. The van der Waals surface area contributed by atoms with Crippen LogP contribution in [0.1, 0.15) is 11.1 Å². The molecular weight excluding hydrogens is 346 g/mol. The molecule has 0 saturated carbocycles. The van der Waals surface area contributed by atoms with Gasteiger partial charge in [0.1, 0.15) is 12.7 Å². The molecule has 2 heterocycles. The molecule has 0 bridgehead atoms. The van der Waals surface area contributed by atoms with Crippen molar-refractivity contribution < 1.29 is 4.79 Å². The topological polar surface area (TPSA) is 72.2 Å². The molecule has 128 valence electrons. The fraction of sp³-hybridized carbons (Fsp3) is 0.0526. The molecule has 2 aromatic carbocycles. The highest BCUT2D eigenvalue weighted by Crippen LogP contribution is 2.29. The quantitative estimate of drug-likeness (QED) is 0.725. The Labute approximate surface area is 154 Å². The van der Waals surface area contributed by atoms with Gasteiger partial charge in [-0.2, -0.15) is 5.10 Å². The zero-order chi connectivity index (χ0) is 17.9. The number of amides is 1. The van der Waals surface area contributed by atoms with E-state index in [1.54, 1.807) is 11.0 Å². The molecule has 0 atom stereocenters. The van der Waals surface area contributed by atoms with Gasteiger partial charge in [-0.05, 0) is 54.1 Å². The smallest absolute Gasteiger partial charge is 0.264 e. The van der Waals surface area contributed by atoms with Gasteiger partial charge >= 0.3 is 0 Å². The molecule has 1 saturated heterocycles. The van der Waals surface area contributed by atoms with E-state index in [-0.39, 0.29) is 5.91 Å². The number of carbonyl (C=O) groups excluding carboxylic acids is 1. The summed E-state index contributed by atoms with van der Waals surface area (Å²) in [6.07, 6.45) is 4.98. The number of nitrogens with zero attached hydrogens (tertiary/aromatic N) is 4. The van der Waals surface area contributed by atoms with Gasteiger partial charge in [0, 0.05) is 0 Å². The molecule has 1 aliphatic heterocycles. The highest BCUT2D eigenvalue weighted by Gasteiger charge is 2.23. The summed E-state index contributed by atoms with van der Waals surface area (Å²) in [5.74, 6) is -0.136. The second-order valence-electron chi connectivity index (χ2n) is 5.70. The van der Waals surface area contributed by atoms with Gasteiger partial charge < -0.3 is 5.32 Å². The predicted molar refractivity (Wildman–Crippen MR) is 103 cm³/mol. The van der Waals surface area contributed by atoms with E-state index in [2.05, 4.69) is 20.4 Å². The zero-order valence-electron chi connectivity index (χ0n) is 14.0. The van der Waals surface area contributed by atoms with E-state index >= 15 is 0 Å². The summed E-state index contributed by atoms with van der Waals surface area (Å²) < 4.78 is 1.68. The molecule has 0 aliphatic carbocycles. The lowest BCUT2D eigenvalue weighted by atomic mass is 10.2. The van der Waals surface area contributed by atoms with Gasteiger partial charge in [-0.15, -0.1) is 0 Å². The van der Waals surface area contributed by atoms with Crippen LogP contribution in [0.4, 0.5) is 5.69 Å².